The zero-order valence-electron chi connectivity index (χ0n) is 10.6. The molecule has 17 heavy (non-hydrogen) atoms. The molecule has 1 saturated carbocycles. The molecule has 1 heterocycles. The molecule has 0 amide bonds. The van der Waals surface area contributed by atoms with E-state index < -0.39 is 0 Å². The summed E-state index contributed by atoms with van der Waals surface area (Å²) >= 11 is 0. The van der Waals surface area contributed by atoms with E-state index in [1.807, 2.05) is 13.8 Å². The Kier molecular flexibility index (Phi) is 2.79. The zero-order valence-corrected chi connectivity index (χ0v) is 10.6. The molecule has 3 nitrogen and oxygen atoms in total. The van der Waals surface area contributed by atoms with Crippen LogP contribution in [0, 0.1) is 31.6 Å². The Hall–Kier alpha value is -1.09. The average molecular weight is 232 g/mol. The van der Waals surface area contributed by atoms with Gasteiger partial charge in [-0.1, -0.05) is 17.3 Å². The first-order valence-electron chi connectivity index (χ1n) is 6.55. The van der Waals surface area contributed by atoms with Crippen molar-refractivity contribution < 1.29 is 4.52 Å². The van der Waals surface area contributed by atoms with Crippen LogP contribution in [-0.4, -0.2) is 11.7 Å². The van der Waals surface area contributed by atoms with Gasteiger partial charge in [0, 0.05) is 12.1 Å². The molecule has 3 rings (SSSR count). The number of aryl methyl sites for hydroxylation is 2. The number of allylic oxidation sites excluding steroid dienone is 2. The predicted octanol–water partition coefficient (Wildman–Crippen LogP) is 2.59. The van der Waals surface area contributed by atoms with E-state index in [1.165, 1.54) is 18.4 Å². The van der Waals surface area contributed by atoms with Crippen LogP contribution in [0.15, 0.2) is 16.7 Å². The smallest absolute Gasteiger partial charge is 0.138 e. The highest BCUT2D eigenvalue weighted by Gasteiger charge is 2.34. The topological polar surface area (TPSA) is 38.1 Å². The van der Waals surface area contributed by atoms with Crippen molar-refractivity contribution in [2.45, 2.75) is 33.2 Å². The lowest BCUT2D eigenvalue weighted by atomic mass is 9.93. The van der Waals surface area contributed by atoms with Crippen LogP contribution in [0.4, 0.5) is 0 Å². The van der Waals surface area contributed by atoms with Crippen molar-refractivity contribution in [1.82, 2.24) is 10.5 Å². The Morgan fingerprint density at radius 1 is 1.35 bits per heavy atom. The van der Waals surface area contributed by atoms with Crippen molar-refractivity contribution in [1.29, 1.82) is 0 Å². The first kappa shape index (κ1) is 11.0. The molecule has 3 atom stereocenters. The van der Waals surface area contributed by atoms with Gasteiger partial charge in [-0.25, -0.2) is 0 Å². The molecule has 0 saturated heterocycles. The third-order valence-corrected chi connectivity index (χ3v) is 4.31. The summed E-state index contributed by atoms with van der Waals surface area (Å²) in [6, 6.07) is 0. The van der Waals surface area contributed by atoms with Gasteiger partial charge in [-0.3, -0.25) is 0 Å². The van der Waals surface area contributed by atoms with Gasteiger partial charge in [0.25, 0.3) is 0 Å². The van der Waals surface area contributed by atoms with Gasteiger partial charge in [-0.2, -0.15) is 0 Å². The highest BCUT2D eigenvalue weighted by Crippen LogP contribution is 2.42. The van der Waals surface area contributed by atoms with Crippen LogP contribution in [0.5, 0.6) is 0 Å². The molecule has 0 aliphatic heterocycles. The molecular weight excluding hydrogens is 212 g/mol. The second-order valence-corrected chi connectivity index (χ2v) is 5.47. The molecule has 1 aromatic rings. The van der Waals surface area contributed by atoms with Crippen LogP contribution >= 0.6 is 0 Å². The molecule has 1 aromatic heterocycles. The van der Waals surface area contributed by atoms with E-state index >= 15 is 0 Å². The van der Waals surface area contributed by atoms with Crippen molar-refractivity contribution in [2.24, 2.45) is 17.8 Å². The Morgan fingerprint density at radius 3 is 2.82 bits per heavy atom. The molecule has 2 aliphatic rings. The van der Waals surface area contributed by atoms with Crippen LogP contribution < -0.4 is 5.32 Å². The fourth-order valence-electron chi connectivity index (χ4n) is 3.27. The van der Waals surface area contributed by atoms with Gasteiger partial charge in [-0.05, 0) is 51.0 Å². The molecule has 3 heteroatoms. The summed E-state index contributed by atoms with van der Waals surface area (Å²) in [5.74, 6) is 3.48. The fraction of sp³-hybridized carbons (Fsp3) is 0.643. The summed E-state index contributed by atoms with van der Waals surface area (Å²) in [5.41, 5.74) is 2.24. The maximum atomic E-state index is 5.17. The largest absolute Gasteiger partial charge is 0.361 e. The molecule has 2 bridgehead atoms. The van der Waals surface area contributed by atoms with Crippen LogP contribution in [0.2, 0.25) is 0 Å². The van der Waals surface area contributed by atoms with Crippen molar-refractivity contribution >= 4 is 0 Å². The third kappa shape index (κ3) is 2.04. The van der Waals surface area contributed by atoms with Crippen molar-refractivity contribution in [3.05, 3.63) is 29.2 Å². The lowest BCUT2D eigenvalue weighted by Gasteiger charge is -2.18. The van der Waals surface area contributed by atoms with Crippen molar-refractivity contribution in [3.8, 4) is 0 Å². The Bertz CT molecular complexity index is 416. The molecule has 0 spiro atoms. The lowest BCUT2D eigenvalue weighted by molar-refractivity contribution is 0.390. The van der Waals surface area contributed by atoms with E-state index in [0.717, 1.165) is 42.3 Å². The van der Waals surface area contributed by atoms with E-state index in [-0.39, 0.29) is 0 Å². The second kappa shape index (κ2) is 4.30. The number of nitrogens with zero attached hydrogens (tertiary/aromatic N) is 1. The van der Waals surface area contributed by atoms with Gasteiger partial charge < -0.3 is 9.84 Å². The summed E-state index contributed by atoms with van der Waals surface area (Å²) in [7, 11) is 0. The van der Waals surface area contributed by atoms with E-state index in [9.17, 15) is 0 Å². The minimum absolute atomic E-state index is 0.831. The summed E-state index contributed by atoms with van der Waals surface area (Å²) < 4.78 is 5.17. The summed E-state index contributed by atoms with van der Waals surface area (Å²) in [6.07, 6.45) is 7.57. The number of hydrogen-bond donors (Lipinski definition) is 1. The fourth-order valence-corrected chi connectivity index (χ4v) is 3.27. The summed E-state index contributed by atoms with van der Waals surface area (Å²) in [5, 5.41) is 7.54. The maximum Gasteiger partial charge on any atom is 0.138 e. The Labute approximate surface area is 102 Å². The summed E-state index contributed by atoms with van der Waals surface area (Å²) in [4.78, 5) is 0. The first-order chi connectivity index (χ1) is 8.24. The van der Waals surface area contributed by atoms with Crippen molar-refractivity contribution in [3.63, 3.8) is 0 Å². The van der Waals surface area contributed by atoms with Gasteiger partial charge in [0.15, 0.2) is 0 Å². The minimum Gasteiger partial charge on any atom is -0.361 e. The molecule has 0 aromatic carbocycles. The van der Waals surface area contributed by atoms with Gasteiger partial charge >= 0.3 is 0 Å². The molecule has 3 unspecified atom stereocenters. The van der Waals surface area contributed by atoms with E-state index in [2.05, 4.69) is 22.6 Å². The van der Waals surface area contributed by atoms with Crippen LogP contribution in [0.3, 0.4) is 0 Å². The highest BCUT2D eigenvalue weighted by molar-refractivity contribution is 5.20. The number of nitrogens with one attached hydrogen (secondary N) is 1. The van der Waals surface area contributed by atoms with Crippen molar-refractivity contribution in [2.75, 3.05) is 6.54 Å². The van der Waals surface area contributed by atoms with Crippen LogP contribution in [0.25, 0.3) is 0 Å². The summed E-state index contributed by atoms with van der Waals surface area (Å²) in [6.45, 7) is 6.00. The Balaban J connectivity index is 1.51. The predicted molar refractivity (Wildman–Crippen MR) is 66.5 cm³/mol. The molecule has 0 radical (unpaired) electrons. The van der Waals surface area contributed by atoms with E-state index in [0.29, 0.717) is 0 Å². The van der Waals surface area contributed by atoms with Crippen LogP contribution in [-0.2, 0) is 6.54 Å². The first-order valence-corrected chi connectivity index (χ1v) is 6.55. The number of fused-ring (bicyclic) bond motifs is 2. The van der Waals surface area contributed by atoms with Gasteiger partial charge in [-0.15, -0.1) is 0 Å². The number of hydrogen-bond acceptors (Lipinski definition) is 3. The SMILES string of the molecule is Cc1noc(C)c1CNCC1CC2C=CC1C2. The second-order valence-electron chi connectivity index (χ2n) is 5.47. The molecule has 1 N–H and O–H groups in total. The zero-order chi connectivity index (χ0) is 11.8. The standard InChI is InChI=1S/C14H20N2O/c1-9-14(10(2)17-16-9)8-15-7-13-6-11-3-4-12(13)5-11/h3-4,11-13,15H,5-8H2,1-2H3. The van der Waals surface area contributed by atoms with Gasteiger partial charge in [0.05, 0.1) is 5.69 Å². The molecule has 92 valence electrons. The quantitative estimate of drug-likeness (QED) is 0.811. The minimum atomic E-state index is 0.831. The monoisotopic (exact) mass is 232 g/mol. The maximum absolute atomic E-state index is 5.17. The normalized spacial score (nSPS) is 30.4. The van der Waals surface area contributed by atoms with E-state index in [4.69, 9.17) is 4.52 Å². The number of aromatic nitrogens is 1. The lowest BCUT2D eigenvalue weighted by Crippen LogP contribution is -2.25. The highest BCUT2D eigenvalue weighted by atomic mass is 16.5. The molecule has 1 fully saturated rings. The van der Waals surface area contributed by atoms with E-state index in [1.54, 1.807) is 0 Å². The van der Waals surface area contributed by atoms with Crippen LogP contribution in [0.1, 0.15) is 29.9 Å². The number of rotatable bonds is 4. The molecule has 2 aliphatic carbocycles. The third-order valence-electron chi connectivity index (χ3n) is 4.31. The molecular formula is C14H20N2O. The van der Waals surface area contributed by atoms with Gasteiger partial charge in [0.2, 0.25) is 0 Å². The Morgan fingerprint density at radius 2 is 2.24 bits per heavy atom. The average Bonchev–Trinajstić information content (AvgIpc) is 2.99. The van der Waals surface area contributed by atoms with Gasteiger partial charge in [0.1, 0.15) is 5.76 Å².